The summed E-state index contributed by atoms with van der Waals surface area (Å²) in [4.78, 5) is 13.9. The Bertz CT molecular complexity index is 2750. The normalized spacial score (nSPS) is 11.4. The second kappa shape index (κ2) is 19.3. The smallest absolute Gasteiger partial charge is 0.305 e. The van der Waals surface area contributed by atoms with Crippen LogP contribution < -0.4 is 0 Å². The maximum absolute atomic E-state index is 4.75. The summed E-state index contributed by atoms with van der Waals surface area (Å²) < 4.78 is 0. The van der Waals surface area contributed by atoms with Crippen molar-refractivity contribution in [2.24, 2.45) is 0 Å². The van der Waals surface area contributed by atoms with E-state index < -0.39 is 0 Å². The van der Waals surface area contributed by atoms with Gasteiger partial charge in [0.15, 0.2) is 0 Å². The van der Waals surface area contributed by atoms with Crippen LogP contribution in [0.15, 0.2) is 128 Å². The third kappa shape index (κ3) is 10.4. The van der Waals surface area contributed by atoms with Crippen LogP contribution in [0.25, 0.3) is 56.0 Å². The minimum absolute atomic E-state index is 0. The molecule has 0 spiro atoms. The molecule has 0 N–H and O–H groups in total. The Kier molecular flexibility index (Phi) is 13.9. The van der Waals surface area contributed by atoms with Crippen LogP contribution in [-0.4, -0.2) is 15.0 Å². The molecule has 63 heavy (non-hydrogen) atoms. The van der Waals surface area contributed by atoms with Gasteiger partial charge in [-0.05, 0) is 163 Å². The number of rotatable bonds is 11. The van der Waals surface area contributed by atoms with Gasteiger partial charge >= 0.3 is 20.1 Å². The molecular weight excluding hydrogens is 943 g/mol. The third-order valence-corrected chi connectivity index (χ3v) is 12.6. The Labute approximate surface area is 389 Å². The van der Waals surface area contributed by atoms with E-state index in [1.165, 1.54) is 83.5 Å². The number of aryl methyl sites for hydroxylation is 6. The number of nitrogens with zero attached hydrogens (tertiary/aromatic N) is 3. The minimum Gasteiger partial charge on any atom is -0.305 e. The van der Waals surface area contributed by atoms with Gasteiger partial charge in [-0.15, -0.1) is 70.8 Å². The zero-order valence-electron chi connectivity index (χ0n) is 38.1. The standard InChI is InChI=1S/C59H56N3.Ir/c1-38-26-29-60-54(32-38)48-18-14-44(15-19-48)10-12-46-34-47(13-11-45-16-20-49(21-17-45)55-33-39(2)27-30-61-55)36-52(35-46)58-43(6)41(4)40(3)42(5)57(58)51-24-22-50(23-25-51)56-37-53(28-31-62-56)59(7,8)9;/h14-16,18,20-22,24-37H,10-13H2,1-9H3;/q-3;+3. The molecule has 5 aromatic carbocycles. The maximum atomic E-state index is 4.75. The van der Waals surface area contributed by atoms with Gasteiger partial charge in [-0.3, -0.25) is 4.98 Å². The fourth-order valence-electron chi connectivity index (χ4n) is 8.50. The Morgan fingerprint density at radius 1 is 0.429 bits per heavy atom. The molecule has 0 atom stereocenters. The summed E-state index contributed by atoms with van der Waals surface area (Å²) in [7, 11) is 0. The molecule has 3 heterocycles. The predicted molar refractivity (Wildman–Crippen MR) is 258 cm³/mol. The summed E-state index contributed by atoms with van der Waals surface area (Å²) in [6.45, 7) is 20.1. The number of benzene rings is 5. The van der Waals surface area contributed by atoms with Crippen LogP contribution in [-0.2, 0) is 51.2 Å². The summed E-state index contributed by atoms with van der Waals surface area (Å²) >= 11 is 0. The molecule has 8 rings (SSSR count). The largest absolute Gasteiger partial charge is 3.00 e. The Morgan fingerprint density at radius 3 is 1.52 bits per heavy atom. The predicted octanol–water partition coefficient (Wildman–Crippen LogP) is 14.3. The molecule has 0 saturated heterocycles. The third-order valence-electron chi connectivity index (χ3n) is 12.6. The summed E-state index contributed by atoms with van der Waals surface area (Å²) in [6.07, 6.45) is 9.31. The molecule has 3 nitrogen and oxygen atoms in total. The van der Waals surface area contributed by atoms with Gasteiger partial charge in [0.25, 0.3) is 0 Å². The molecule has 0 radical (unpaired) electrons. The van der Waals surface area contributed by atoms with Crippen molar-refractivity contribution in [3.05, 3.63) is 207 Å². The van der Waals surface area contributed by atoms with E-state index in [4.69, 9.17) is 4.98 Å². The van der Waals surface area contributed by atoms with Gasteiger partial charge in [-0.1, -0.05) is 68.7 Å². The average molecular weight is 999 g/mol. The van der Waals surface area contributed by atoms with Crippen LogP contribution in [0.5, 0.6) is 0 Å². The topological polar surface area (TPSA) is 38.7 Å². The van der Waals surface area contributed by atoms with Gasteiger partial charge < -0.3 is 9.97 Å². The van der Waals surface area contributed by atoms with Crippen LogP contribution in [0.1, 0.15) is 82.0 Å². The Hall–Kier alpha value is -5.80. The van der Waals surface area contributed by atoms with Crippen molar-refractivity contribution in [3.63, 3.8) is 0 Å². The van der Waals surface area contributed by atoms with Crippen molar-refractivity contribution in [1.82, 2.24) is 15.0 Å². The fourth-order valence-corrected chi connectivity index (χ4v) is 8.50. The second-order valence-corrected chi connectivity index (χ2v) is 18.1. The summed E-state index contributed by atoms with van der Waals surface area (Å²) in [5.74, 6) is 0. The van der Waals surface area contributed by atoms with E-state index in [1.807, 2.05) is 30.7 Å². The SMILES string of the molecule is Cc1ccnc(-c2[c-]cc(CCc3cc(CCc4[c-]cc(-c5cc(C)ccn5)cc4)cc(-c4c(C)c(C)c(C)c(C)c4-c4c[c-]c(-c5cc(C(C)(C)C)ccn5)cc4)c3)cc2)c1.[Ir+3]. The first-order valence-corrected chi connectivity index (χ1v) is 21.9. The van der Waals surface area contributed by atoms with Crippen LogP contribution >= 0.6 is 0 Å². The first-order chi connectivity index (χ1) is 29.8. The van der Waals surface area contributed by atoms with Gasteiger partial charge in [-0.2, -0.15) is 29.8 Å². The number of hydrogen-bond acceptors (Lipinski definition) is 3. The molecule has 0 saturated carbocycles. The monoisotopic (exact) mass is 999 g/mol. The Balaban J connectivity index is 0.00000595. The summed E-state index contributed by atoms with van der Waals surface area (Å²) in [5, 5.41) is 0. The fraction of sp³-hybridized carbons (Fsp3) is 0.237. The van der Waals surface area contributed by atoms with E-state index in [9.17, 15) is 0 Å². The molecular formula is C59H56IrN3. The van der Waals surface area contributed by atoms with E-state index >= 15 is 0 Å². The molecule has 0 aliphatic carbocycles. The number of aromatic nitrogens is 3. The zero-order chi connectivity index (χ0) is 43.5. The van der Waals surface area contributed by atoms with Gasteiger partial charge in [-0.25, -0.2) is 0 Å². The molecule has 8 aromatic rings. The molecule has 4 heteroatoms. The van der Waals surface area contributed by atoms with Gasteiger partial charge in [0, 0.05) is 24.3 Å². The van der Waals surface area contributed by atoms with Crippen molar-refractivity contribution >= 4 is 0 Å². The first-order valence-electron chi connectivity index (χ1n) is 21.9. The summed E-state index contributed by atoms with van der Waals surface area (Å²) in [5.41, 5.74) is 25.2. The van der Waals surface area contributed by atoms with Crippen molar-refractivity contribution in [3.8, 4) is 56.0 Å². The number of hydrogen-bond donors (Lipinski definition) is 0. The molecule has 0 aliphatic heterocycles. The average Bonchev–Trinajstić information content (AvgIpc) is 3.28. The van der Waals surface area contributed by atoms with Crippen LogP contribution in [0.2, 0.25) is 0 Å². The van der Waals surface area contributed by atoms with Gasteiger partial charge in [0.2, 0.25) is 0 Å². The molecule has 0 fully saturated rings. The zero-order valence-corrected chi connectivity index (χ0v) is 40.5. The molecule has 3 aromatic heterocycles. The quantitative estimate of drug-likeness (QED) is 0.121. The van der Waals surface area contributed by atoms with Crippen LogP contribution in [0.4, 0.5) is 0 Å². The van der Waals surface area contributed by atoms with Crippen molar-refractivity contribution in [2.45, 2.75) is 93.4 Å². The van der Waals surface area contributed by atoms with E-state index in [0.29, 0.717) is 0 Å². The van der Waals surface area contributed by atoms with E-state index in [2.05, 4.69) is 188 Å². The molecule has 316 valence electrons. The minimum atomic E-state index is 0. The Morgan fingerprint density at radius 2 is 0.952 bits per heavy atom. The van der Waals surface area contributed by atoms with E-state index in [1.54, 1.807) is 0 Å². The molecule has 0 aliphatic rings. The van der Waals surface area contributed by atoms with Crippen LogP contribution in [0, 0.1) is 59.7 Å². The van der Waals surface area contributed by atoms with Crippen molar-refractivity contribution in [1.29, 1.82) is 0 Å². The molecule has 0 unspecified atom stereocenters. The van der Waals surface area contributed by atoms with Crippen molar-refractivity contribution in [2.75, 3.05) is 0 Å². The summed E-state index contributed by atoms with van der Waals surface area (Å²) in [6, 6.07) is 50.3. The van der Waals surface area contributed by atoms with Gasteiger partial charge in [0.05, 0.1) is 0 Å². The van der Waals surface area contributed by atoms with Crippen molar-refractivity contribution < 1.29 is 20.1 Å². The van der Waals surface area contributed by atoms with E-state index in [-0.39, 0.29) is 25.5 Å². The van der Waals surface area contributed by atoms with Gasteiger partial charge in [0.1, 0.15) is 0 Å². The first kappa shape index (κ1) is 45.2. The molecule has 0 amide bonds. The number of pyridine rings is 3. The van der Waals surface area contributed by atoms with Crippen LogP contribution in [0.3, 0.4) is 0 Å². The second-order valence-electron chi connectivity index (χ2n) is 18.1. The van der Waals surface area contributed by atoms with E-state index in [0.717, 1.165) is 59.5 Å². The molecule has 0 bridgehead atoms. The maximum Gasteiger partial charge on any atom is 3.00 e.